The summed E-state index contributed by atoms with van der Waals surface area (Å²) in [5, 5.41) is 4.32. The zero-order valence-corrected chi connectivity index (χ0v) is 19.1. The van der Waals surface area contributed by atoms with E-state index in [1.54, 1.807) is 12.3 Å². The van der Waals surface area contributed by atoms with Crippen molar-refractivity contribution in [2.75, 3.05) is 31.6 Å². The lowest BCUT2D eigenvalue weighted by Gasteiger charge is -2.26. The van der Waals surface area contributed by atoms with Crippen molar-refractivity contribution in [3.63, 3.8) is 0 Å². The van der Waals surface area contributed by atoms with Crippen molar-refractivity contribution in [3.05, 3.63) is 72.1 Å². The predicted octanol–water partition coefficient (Wildman–Crippen LogP) is 4.59. The van der Waals surface area contributed by atoms with Crippen LogP contribution in [0.5, 0.6) is 11.6 Å². The van der Waals surface area contributed by atoms with Crippen molar-refractivity contribution >= 4 is 28.4 Å². The second-order valence-electron chi connectivity index (χ2n) is 8.34. The highest BCUT2D eigenvalue weighted by Crippen LogP contribution is 2.26. The molecule has 174 valence electrons. The Morgan fingerprint density at radius 3 is 2.91 bits per heavy atom. The molecule has 34 heavy (non-hydrogen) atoms. The quantitative estimate of drug-likeness (QED) is 0.422. The van der Waals surface area contributed by atoms with Crippen molar-refractivity contribution in [2.45, 2.75) is 19.8 Å². The lowest BCUT2D eigenvalue weighted by atomic mass is 10.1. The number of anilines is 2. The molecule has 0 unspecified atom stereocenters. The number of carbonyl (C=O) groups excluding carboxylic acids is 1. The van der Waals surface area contributed by atoms with E-state index in [1.807, 2.05) is 54.3 Å². The molecule has 0 aliphatic carbocycles. The number of nitrogens with one attached hydrogen (secondary N) is 2. The standard InChI is InChI=1S/C26H27N5O3/c1-18-15-20-17-22(6-7-23(20)28-18)34-24-9-10-27-26(30-24)29-21-4-2-3-19(16-21)5-8-25(32)31-11-13-33-14-12-31/h2-4,6-7,9-10,15-17,28H,5,8,11-14H2,1H3,(H,27,29,30). The van der Waals surface area contributed by atoms with E-state index in [2.05, 4.69) is 26.3 Å². The molecule has 1 aliphatic heterocycles. The first-order valence-corrected chi connectivity index (χ1v) is 11.4. The Bertz CT molecular complexity index is 1300. The van der Waals surface area contributed by atoms with Crippen LogP contribution in [0.4, 0.5) is 11.6 Å². The molecule has 0 radical (unpaired) electrons. The van der Waals surface area contributed by atoms with Gasteiger partial charge in [0.1, 0.15) is 5.75 Å². The molecule has 2 N–H and O–H groups in total. The summed E-state index contributed by atoms with van der Waals surface area (Å²) < 4.78 is 11.3. The van der Waals surface area contributed by atoms with Crippen LogP contribution in [0.25, 0.3) is 10.9 Å². The van der Waals surface area contributed by atoms with Gasteiger partial charge >= 0.3 is 0 Å². The molecule has 8 nitrogen and oxygen atoms in total. The fraction of sp³-hybridized carbons (Fsp3) is 0.269. The number of fused-ring (bicyclic) bond motifs is 1. The lowest BCUT2D eigenvalue weighted by Crippen LogP contribution is -2.40. The Morgan fingerprint density at radius 2 is 2.03 bits per heavy atom. The molecule has 0 saturated carbocycles. The minimum absolute atomic E-state index is 0.169. The molecule has 2 aromatic heterocycles. The number of rotatable bonds is 7. The van der Waals surface area contributed by atoms with Crippen LogP contribution in [-0.4, -0.2) is 52.1 Å². The summed E-state index contributed by atoms with van der Waals surface area (Å²) in [4.78, 5) is 26.4. The highest BCUT2D eigenvalue weighted by Gasteiger charge is 2.16. The third-order valence-corrected chi connectivity index (χ3v) is 5.75. The van der Waals surface area contributed by atoms with Gasteiger partial charge in [0.25, 0.3) is 0 Å². The van der Waals surface area contributed by atoms with Crippen molar-refractivity contribution in [2.24, 2.45) is 0 Å². The fourth-order valence-electron chi connectivity index (χ4n) is 4.06. The smallest absolute Gasteiger partial charge is 0.230 e. The number of aromatic amines is 1. The largest absolute Gasteiger partial charge is 0.439 e. The van der Waals surface area contributed by atoms with Gasteiger partial charge in [-0.25, -0.2) is 4.98 Å². The van der Waals surface area contributed by atoms with E-state index >= 15 is 0 Å². The van der Waals surface area contributed by atoms with Crippen LogP contribution < -0.4 is 10.1 Å². The number of ether oxygens (including phenoxy) is 2. The molecule has 3 heterocycles. The zero-order valence-electron chi connectivity index (χ0n) is 19.1. The molecule has 0 bridgehead atoms. The van der Waals surface area contributed by atoms with E-state index < -0.39 is 0 Å². The molecule has 1 amide bonds. The number of carbonyl (C=O) groups is 1. The van der Waals surface area contributed by atoms with Crippen LogP contribution in [0, 0.1) is 6.92 Å². The topological polar surface area (TPSA) is 92.4 Å². The number of H-pyrrole nitrogens is 1. The maximum Gasteiger partial charge on any atom is 0.230 e. The maximum atomic E-state index is 12.4. The Morgan fingerprint density at radius 1 is 1.15 bits per heavy atom. The lowest BCUT2D eigenvalue weighted by molar-refractivity contribution is -0.135. The summed E-state index contributed by atoms with van der Waals surface area (Å²) in [6.07, 6.45) is 2.82. The van der Waals surface area contributed by atoms with Gasteiger partial charge in [0.15, 0.2) is 0 Å². The molecule has 5 rings (SSSR count). The maximum absolute atomic E-state index is 12.4. The van der Waals surface area contributed by atoms with Gasteiger partial charge in [-0.05, 0) is 55.3 Å². The third-order valence-electron chi connectivity index (χ3n) is 5.75. The highest BCUT2D eigenvalue weighted by molar-refractivity contribution is 5.82. The number of hydrogen-bond donors (Lipinski definition) is 2. The molecule has 1 saturated heterocycles. The predicted molar refractivity (Wildman–Crippen MR) is 131 cm³/mol. The molecular formula is C26H27N5O3. The molecule has 4 aromatic rings. The summed E-state index contributed by atoms with van der Waals surface area (Å²) in [6, 6.07) is 17.7. The molecule has 0 atom stereocenters. The van der Waals surface area contributed by atoms with E-state index in [9.17, 15) is 4.79 Å². The Kier molecular flexibility index (Phi) is 6.40. The highest BCUT2D eigenvalue weighted by atomic mass is 16.5. The van der Waals surface area contributed by atoms with Crippen molar-refractivity contribution in [1.29, 1.82) is 0 Å². The van der Waals surface area contributed by atoms with Crippen LogP contribution in [0.1, 0.15) is 17.7 Å². The van der Waals surface area contributed by atoms with Gasteiger partial charge in [-0.2, -0.15) is 4.98 Å². The molecule has 8 heteroatoms. The summed E-state index contributed by atoms with van der Waals surface area (Å²) >= 11 is 0. The van der Waals surface area contributed by atoms with E-state index in [4.69, 9.17) is 9.47 Å². The first-order chi connectivity index (χ1) is 16.6. The zero-order chi connectivity index (χ0) is 23.3. The number of morpholine rings is 1. The summed E-state index contributed by atoms with van der Waals surface area (Å²) in [6.45, 7) is 4.62. The van der Waals surface area contributed by atoms with Gasteiger partial charge < -0.3 is 24.7 Å². The number of aryl methyl sites for hydroxylation is 2. The van der Waals surface area contributed by atoms with Gasteiger partial charge in [0.2, 0.25) is 17.7 Å². The van der Waals surface area contributed by atoms with E-state index in [1.165, 1.54) is 0 Å². The van der Waals surface area contributed by atoms with Gasteiger partial charge in [0.05, 0.1) is 13.2 Å². The normalized spacial score (nSPS) is 13.7. The van der Waals surface area contributed by atoms with Gasteiger partial charge in [-0.1, -0.05) is 12.1 Å². The first-order valence-electron chi connectivity index (χ1n) is 11.4. The van der Waals surface area contributed by atoms with Gasteiger partial charge in [0, 0.05) is 54.1 Å². The Balaban J connectivity index is 1.22. The molecule has 0 spiro atoms. The summed E-state index contributed by atoms with van der Waals surface area (Å²) in [5.41, 5.74) is 4.11. The van der Waals surface area contributed by atoms with Crippen LogP contribution >= 0.6 is 0 Å². The number of benzene rings is 2. The average Bonchev–Trinajstić information content (AvgIpc) is 3.23. The van der Waals surface area contributed by atoms with Crippen molar-refractivity contribution in [3.8, 4) is 11.6 Å². The Hall–Kier alpha value is -3.91. The number of amides is 1. The SMILES string of the molecule is Cc1cc2cc(Oc3ccnc(Nc4cccc(CCC(=O)N5CCOCC5)c4)n3)ccc2[nH]1. The van der Waals surface area contributed by atoms with E-state index in [0.717, 1.165) is 27.8 Å². The van der Waals surface area contributed by atoms with Crippen molar-refractivity contribution < 1.29 is 14.3 Å². The van der Waals surface area contributed by atoms with Crippen LogP contribution in [0.2, 0.25) is 0 Å². The second-order valence-corrected chi connectivity index (χ2v) is 8.34. The average molecular weight is 458 g/mol. The molecule has 1 fully saturated rings. The van der Waals surface area contributed by atoms with Crippen LogP contribution in [0.15, 0.2) is 60.8 Å². The first kappa shape index (κ1) is 21.9. The third kappa shape index (κ3) is 5.35. The number of aromatic nitrogens is 3. The monoisotopic (exact) mass is 457 g/mol. The van der Waals surface area contributed by atoms with Crippen LogP contribution in [-0.2, 0) is 16.0 Å². The number of nitrogens with zero attached hydrogens (tertiary/aromatic N) is 3. The summed E-state index contributed by atoms with van der Waals surface area (Å²) in [5.74, 6) is 1.78. The molecule has 1 aliphatic rings. The minimum Gasteiger partial charge on any atom is -0.439 e. The van der Waals surface area contributed by atoms with Crippen LogP contribution in [0.3, 0.4) is 0 Å². The molecule has 2 aromatic carbocycles. The Labute approximate surface area is 197 Å². The molecular weight excluding hydrogens is 430 g/mol. The van der Waals surface area contributed by atoms with Gasteiger partial charge in [-0.15, -0.1) is 0 Å². The minimum atomic E-state index is 0.169. The van der Waals surface area contributed by atoms with E-state index in [-0.39, 0.29) is 5.91 Å². The van der Waals surface area contributed by atoms with Gasteiger partial charge in [-0.3, -0.25) is 4.79 Å². The fourth-order valence-corrected chi connectivity index (χ4v) is 4.06. The van der Waals surface area contributed by atoms with E-state index in [0.29, 0.717) is 56.7 Å². The van der Waals surface area contributed by atoms with Crippen molar-refractivity contribution in [1.82, 2.24) is 19.9 Å². The second kappa shape index (κ2) is 9.93. The summed E-state index contributed by atoms with van der Waals surface area (Å²) in [7, 11) is 0. The number of hydrogen-bond acceptors (Lipinski definition) is 6.